The van der Waals surface area contributed by atoms with Crippen LogP contribution in [0.1, 0.15) is 50.7 Å². The fraction of sp³-hybridized carbons (Fsp3) is 0.222. The van der Waals surface area contributed by atoms with Gasteiger partial charge in [-0.1, -0.05) is 92.4 Å². The van der Waals surface area contributed by atoms with E-state index in [0.29, 0.717) is 11.8 Å². The Bertz CT molecular complexity index is 1340. The van der Waals surface area contributed by atoms with Crippen LogP contribution in [0, 0.1) is 6.26 Å². The zero-order valence-corrected chi connectivity index (χ0v) is 20.0. The minimum atomic E-state index is 0. The summed E-state index contributed by atoms with van der Waals surface area (Å²) in [6, 6.07) is 19.3. The van der Waals surface area contributed by atoms with Crippen molar-refractivity contribution in [2.45, 2.75) is 39.5 Å². The predicted molar refractivity (Wildman–Crippen MR) is 121 cm³/mol. The molecule has 0 bridgehead atoms. The van der Waals surface area contributed by atoms with Gasteiger partial charge in [-0.25, -0.2) is 0 Å². The molecule has 5 aromatic rings. The monoisotopic (exact) mass is 571 g/mol. The molecule has 0 fully saturated rings. The van der Waals surface area contributed by atoms with Crippen LogP contribution in [0.5, 0.6) is 0 Å². The summed E-state index contributed by atoms with van der Waals surface area (Å²) in [6.07, 6.45) is 5.06. The molecule has 0 unspecified atom stereocenters. The van der Waals surface area contributed by atoms with Crippen molar-refractivity contribution in [2.75, 3.05) is 0 Å². The third kappa shape index (κ3) is 3.09. The summed E-state index contributed by atoms with van der Waals surface area (Å²) in [7, 11) is 0. The maximum atomic E-state index is 6.23. The number of pyridine rings is 1. The van der Waals surface area contributed by atoms with Crippen molar-refractivity contribution in [1.29, 1.82) is 0 Å². The molecule has 3 aromatic carbocycles. The molecule has 0 N–H and O–H groups in total. The first-order valence-electron chi connectivity index (χ1n) is 10.3. The molecule has 153 valence electrons. The molecule has 5 rings (SSSR count). The zero-order valence-electron chi connectivity index (χ0n) is 17.6. The van der Waals surface area contributed by atoms with Gasteiger partial charge in [0.25, 0.3) is 0 Å². The molecule has 0 spiro atoms. The fourth-order valence-electron chi connectivity index (χ4n) is 4.49. The van der Waals surface area contributed by atoms with Gasteiger partial charge in [0, 0.05) is 38.3 Å². The summed E-state index contributed by atoms with van der Waals surface area (Å²) in [5.41, 5.74) is 4.78. The van der Waals surface area contributed by atoms with Crippen LogP contribution in [0.2, 0.25) is 0 Å². The van der Waals surface area contributed by atoms with E-state index in [1.807, 2.05) is 12.3 Å². The Kier molecular flexibility index (Phi) is 5.53. The Morgan fingerprint density at radius 1 is 0.767 bits per heavy atom. The molecular formula is C27H24IrNO-. The smallest absolute Gasteiger partial charge is 0.0380 e. The summed E-state index contributed by atoms with van der Waals surface area (Å²) in [4.78, 5) is 4.69. The summed E-state index contributed by atoms with van der Waals surface area (Å²) in [5.74, 6) is 1.71. The number of hydrogen-bond acceptors (Lipinski definition) is 2. The first-order valence-corrected chi connectivity index (χ1v) is 10.3. The van der Waals surface area contributed by atoms with Crippen molar-refractivity contribution in [3.05, 3.63) is 78.2 Å². The molecule has 0 saturated carbocycles. The van der Waals surface area contributed by atoms with Gasteiger partial charge in [0.2, 0.25) is 0 Å². The number of fused-ring (bicyclic) bond motifs is 6. The largest absolute Gasteiger partial charge is 0.557 e. The Morgan fingerprint density at radius 3 is 2.07 bits per heavy atom. The van der Waals surface area contributed by atoms with Crippen LogP contribution in [0.25, 0.3) is 43.8 Å². The Labute approximate surface area is 190 Å². The number of nitrogens with zero attached hydrogens (tertiary/aromatic N) is 1. The number of hydrogen-bond donors (Lipinski definition) is 0. The first kappa shape index (κ1) is 20.8. The van der Waals surface area contributed by atoms with Crippen LogP contribution in [-0.4, -0.2) is 4.98 Å². The number of furan rings is 1. The Balaban J connectivity index is 0.00000218. The third-order valence-electron chi connectivity index (χ3n) is 5.86. The van der Waals surface area contributed by atoms with Gasteiger partial charge >= 0.3 is 0 Å². The van der Waals surface area contributed by atoms with E-state index in [4.69, 9.17) is 9.40 Å². The van der Waals surface area contributed by atoms with Crippen LogP contribution in [0.3, 0.4) is 0 Å². The van der Waals surface area contributed by atoms with E-state index in [9.17, 15) is 0 Å². The quantitative estimate of drug-likeness (QED) is 0.163. The van der Waals surface area contributed by atoms with Crippen LogP contribution in [-0.2, 0) is 20.1 Å². The second-order valence-corrected chi connectivity index (χ2v) is 8.35. The summed E-state index contributed by atoms with van der Waals surface area (Å²) in [5, 5.41) is 5.60. The van der Waals surface area contributed by atoms with Gasteiger partial charge in [-0.2, -0.15) is 0 Å². The van der Waals surface area contributed by atoms with Gasteiger partial charge in [0.1, 0.15) is 0 Å². The Hall–Kier alpha value is -2.48. The second kappa shape index (κ2) is 7.98. The van der Waals surface area contributed by atoms with Gasteiger partial charge < -0.3 is 9.40 Å². The van der Waals surface area contributed by atoms with E-state index >= 15 is 0 Å². The average Bonchev–Trinajstić information content (AvgIpc) is 3.18. The molecule has 2 nitrogen and oxygen atoms in total. The number of rotatable bonds is 3. The van der Waals surface area contributed by atoms with Crippen molar-refractivity contribution in [2.24, 2.45) is 0 Å². The van der Waals surface area contributed by atoms with Crippen LogP contribution in [0.4, 0.5) is 0 Å². The van der Waals surface area contributed by atoms with Gasteiger partial charge in [-0.15, -0.1) is 0 Å². The summed E-state index contributed by atoms with van der Waals surface area (Å²) >= 11 is 0. The number of benzene rings is 3. The maximum Gasteiger partial charge on any atom is 0.0380 e. The first-order chi connectivity index (χ1) is 14.1. The van der Waals surface area contributed by atoms with Crippen molar-refractivity contribution in [3.63, 3.8) is 0 Å². The van der Waals surface area contributed by atoms with Crippen LogP contribution in [0.15, 0.2) is 65.2 Å². The molecule has 0 aliphatic carbocycles. The van der Waals surface area contributed by atoms with Crippen molar-refractivity contribution in [1.82, 2.24) is 4.98 Å². The summed E-state index contributed by atoms with van der Waals surface area (Å²) in [6.45, 7) is 8.97. The maximum absolute atomic E-state index is 6.23. The number of aromatic nitrogens is 1. The molecule has 2 heterocycles. The van der Waals surface area contributed by atoms with E-state index in [1.165, 1.54) is 27.5 Å². The molecule has 1 radical (unpaired) electrons. The zero-order chi connectivity index (χ0) is 20.1. The van der Waals surface area contributed by atoms with E-state index in [1.54, 1.807) is 0 Å². The van der Waals surface area contributed by atoms with E-state index in [-0.39, 0.29) is 20.1 Å². The molecule has 0 aliphatic rings. The molecule has 0 saturated heterocycles. The molecule has 0 aliphatic heterocycles. The summed E-state index contributed by atoms with van der Waals surface area (Å²) < 4.78 is 6.23. The minimum Gasteiger partial charge on any atom is -0.557 e. The fourth-order valence-corrected chi connectivity index (χ4v) is 4.49. The van der Waals surface area contributed by atoms with Gasteiger partial charge in [-0.05, 0) is 50.9 Å². The molecular weight excluding hydrogens is 547 g/mol. The van der Waals surface area contributed by atoms with Gasteiger partial charge in [0.05, 0.1) is 0 Å². The predicted octanol–water partition coefficient (Wildman–Crippen LogP) is 7.85. The topological polar surface area (TPSA) is 26.0 Å². The minimum absolute atomic E-state index is 0. The molecule has 0 atom stereocenters. The van der Waals surface area contributed by atoms with E-state index in [2.05, 4.69) is 82.5 Å². The van der Waals surface area contributed by atoms with E-state index in [0.717, 1.165) is 27.4 Å². The Morgan fingerprint density at radius 2 is 1.40 bits per heavy atom. The van der Waals surface area contributed by atoms with Gasteiger partial charge in [0.15, 0.2) is 0 Å². The molecule has 0 amide bonds. The van der Waals surface area contributed by atoms with Crippen molar-refractivity contribution in [3.8, 4) is 11.3 Å². The standard InChI is InChI=1S/C27H24NO.Ir/c1-16(2)18-11-7-12-19(17(3)4)24(18)27-25-21-10-6-5-9-20(21)22-13-8-14-28-26(22)23(25)15-29-27;/h5-14,16-17H,1-4H3;/q-1;. The molecule has 3 heteroatoms. The van der Waals surface area contributed by atoms with Gasteiger partial charge in [-0.3, -0.25) is 0 Å². The SMILES string of the molecule is CC(C)c1cccc(C(C)C)c1-c1o[c-]c2c3ncccc3c3ccccc3c12.[Ir]. The van der Waals surface area contributed by atoms with Crippen molar-refractivity contribution < 1.29 is 24.5 Å². The third-order valence-corrected chi connectivity index (χ3v) is 5.86. The molecule has 30 heavy (non-hydrogen) atoms. The van der Waals surface area contributed by atoms with Crippen molar-refractivity contribution >= 4 is 32.4 Å². The normalized spacial score (nSPS) is 11.7. The van der Waals surface area contributed by atoms with E-state index < -0.39 is 0 Å². The average molecular weight is 571 g/mol. The van der Waals surface area contributed by atoms with Crippen LogP contribution < -0.4 is 0 Å². The second-order valence-electron chi connectivity index (χ2n) is 8.35. The van der Waals surface area contributed by atoms with Crippen LogP contribution >= 0.6 is 0 Å². The molecule has 2 aromatic heterocycles.